The highest BCUT2D eigenvalue weighted by atomic mass is 16.5. The second-order valence-electron chi connectivity index (χ2n) is 5.81. The Hall–Kier alpha value is -3.39. The highest BCUT2D eigenvalue weighted by Crippen LogP contribution is 2.21. The maximum atomic E-state index is 12.8. The standard InChI is InChI=1S/C22H22N2O3/c1-3-24(4-2)22(26)21(19-8-6-5-7-9-19)27-20(25)15-14-17-10-12-18(16-23)13-11-17/h5-15,21H,3-4H2,1-2H3/b15-14+/t21-/m0/s1. The van der Waals surface area contributed by atoms with Crippen molar-refractivity contribution < 1.29 is 14.3 Å². The Bertz CT molecular complexity index is 832. The van der Waals surface area contributed by atoms with Gasteiger partial charge in [0.05, 0.1) is 11.6 Å². The number of likely N-dealkylation sites (N-methyl/N-ethyl adjacent to an activating group) is 1. The molecule has 0 radical (unpaired) electrons. The van der Waals surface area contributed by atoms with Crippen LogP contribution in [-0.4, -0.2) is 29.9 Å². The molecule has 5 nitrogen and oxygen atoms in total. The van der Waals surface area contributed by atoms with E-state index in [9.17, 15) is 9.59 Å². The van der Waals surface area contributed by atoms with Crippen molar-refractivity contribution in [1.82, 2.24) is 4.90 Å². The Labute approximate surface area is 159 Å². The third-order valence-electron chi connectivity index (χ3n) is 4.09. The molecular weight excluding hydrogens is 340 g/mol. The Morgan fingerprint density at radius 3 is 2.26 bits per heavy atom. The summed E-state index contributed by atoms with van der Waals surface area (Å²) in [7, 11) is 0. The lowest BCUT2D eigenvalue weighted by molar-refractivity contribution is -0.157. The predicted molar refractivity (Wildman–Crippen MR) is 103 cm³/mol. The van der Waals surface area contributed by atoms with Crippen LogP contribution in [0.5, 0.6) is 0 Å². The van der Waals surface area contributed by atoms with Crippen LogP contribution >= 0.6 is 0 Å². The zero-order valence-electron chi connectivity index (χ0n) is 15.5. The molecule has 2 aromatic rings. The summed E-state index contributed by atoms with van der Waals surface area (Å²) in [6.07, 6.45) is 1.89. The average Bonchev–Trinajstić information content (AvgIpc) is 2.72. The second kappa shape index (κ2) is 9.93. The zero-order valence-corrected chi connectivity index (χ0v) is 15.5. The fraction of sp³-hybridized carbons (Fsp3) is 0.227. The number of hydrogen-bond donors (Lipinski definition) is 0. The third-order valence-corrected chi connectivity index (χ3v) is 4.09. The molecule has 0 aliphatic heterocycles. The maximum Gasteiger partial charge on any atom is 0.331 e. The van der Waals surface area contributed by atoms with E-state index in [0.717, 1.165) is 5.56 Å². The van der Waals surface area contributed by atoms with Gasteiger partial charge in [0.15, 0.2) is 0 Å². The van der Waals surface area contributed by atoms with E-state index >= 15 is 0 Å². The van der Waals surface area contributed by atoms with E-state index < -0.39 is 12.1 Å². The number of carbonyl (C=O) groups is 2. The second-order valence-corrected chi connectivity index (χ2v) is 5.81. The number of nitrogens with zero attached hydrogens (tertiary/aromatic N) is 2. The number of esters is 1. The molecule has 0 aliphatic carbocycles. The SMILES string of the molecule is CCN(CC)C(=O)[C@@H](OC(=O)/C=C/c1ccc(C#N)cc1)c1ccccc1. The summed E-state index contributed by atoms with van der Waals surface area (Å²) >= 11 is 0. The van der Waals surface area contributed by atoms with Gasteiger partial charge in [0, 0.05) is 24.7 Å². The summed E-state index contributed by atoms with van der Waals surface area (Å²) in [5.74, 6) is -0.847. The van der Waals surface area contributed by atoms with E-state index in [1.165, 1.54) is 6.08 Å². The molecule has 0 saturated heterocycles. The van der Waals surface area contributed by atoms with Crippen molar-refractivity contribution in [2.75, 3.05) is 13.1 Å². The van der Waals surface area contributed by atoms with Gasteiger partial charge in [-0.25, -0.2) is 4.79 Å². The van der Waals surface area contributed by atoms with Gasteiger partial charge >= 0.3 is 5.97 Å². The lowest BCUT2D eigenvalue weighted by atomic mass is 10.1. The maximum absolute atomic E-state index is 12.8. The van der Waals surface area contributed by atoms with Crippen LogP contribution in [0.3, 0.4) is 0 Å². The Morgan fingerprint density at radius 1 is 1.07 bits per heavy atom. The number of nitriles is 1. The van der Waals surface area contributed by atoms with E-state index in [0.29, 0.717) is 24.2 Å². The number of amides is 1. The normalized spacial score (nSPS) is 11.6. The Morgan fingerprint density at radius 2 is 1.70 bits per heavy atom. The Kier molecular flexibility index (Phi) is 7.33. The van der Waals surface area contributed by atoms with E-state index in [1.807, 2.05) is 26.0 Å². The number of carbonyl (C=O) groups excluding carboxylic acids is 2. The van der Waals surface area contributed by atoms with Crippen LogP contribution in [0, 0.1) is 11.3 Å². The molecule has 2 rings (SSSR count). The first-order valence-corrected chi connectivity index (χ1v) is 8.81. The van der Waals surface area contributed by atoms with Gasteiger partial charge in [0.1, 0.15) is 0 Å². The lowest BCUT2D eigenvalue weighted by Crippen LogP contribution is -2.36. The number of hydrogen-bond acceptors (Lipinski definition) is 4. The van der Waals surface area contributed by atoms with Crippen molar-refractivity contribution in [2.45, 2.75) is 20.0 Å². The van der Waals surface area contributed by atoms with Gasteiger partial charge in [0.25, 0.3) is 5.91 Å². The van der Waals surface area contributed by atoms with E-state index in [4.69, 9.17) is 10.00 Å². The van der Waals surface area contributed by atoms with Gasteiger partial charge in [-0.2, -0.15) is 5.26 Å². The monoisotopic (exact) mass is 362 g/mol. The van der Waals surface area contributed by atoms with Crippen LogP contribution in [0.1, 0.15) is 36.6 Å². The molecule has 0 bridgehead atoms. The number of rotatable bonds is 7. The molecule has 138 valence electrons. The van der Waals surface area contributed by atoms with Crippen molar-refractivity contribution in [1.29, 1.82) is 5.26 Å². The van der Waals surface area contributed by atoms with Crippen molar-refractivity contribution >= 4 is 18.0 Å². The minimum Gasteiger partial charge on any atom is -0.444 e. The molecule has 1 amide bonds. The first-order valence-electron chi connectivity index (χ1n) is 8.81. The predicted octanol–water partition coefficient (Wildman–Crippen LogP) is 3.72. The molecule has 27 heavy (non-hydrogen) atoms. The molecule has 0 aliphatic rings. The molecule has 5 heteroatoms. The minimum absolute atomic E-state index is 0.244. The summed E-state index contributed by atoms with van der Waals surface area (Å²) in [6.45, 7) is 4.85. The van der Waals surface area contributed by atoms with E-state index in [2.05, 4.69) is 0 Å². The van der Waals surface area contributed by atoms with Crippen LogP contribution < -0.4 is 0 Å². The highest BCUT2D eigenvalue weighted by molar-refractivity contribution is 5.91. The summed E-state index contributed by atoms with van der Waals surface area (Å²) in [4.78, 5) is 26.7. The molecule has 0 saturated carbocycles. The van der Waals surface area contributed by atoms with Crippen molar-refractivity contribution in [3.8, 4) is 6.07 Å². The lowest BCUT2D eigenvalue weighted by Gasteiger charge is -2.25. The van der Waals surface area contributed by atoms with Crippen molar-refractivity contribution in [3.05, 3.63) is 77.4 Å². The fourth-order valence-electron chi connectivity index (χ4n) is 2.58. The van der Waals surface area contributed by atoms with Gasteiger partial charge in [-0.1, -0.05) is 42.5 Å². The number of benzene rings is 2. The van der Waals surface area contributed by atoms with Crippen LogP contribution in [0.15, 0.2) is 60.7 Å². The fourth-order valence-corrected chi connectivity index (χ4v) is 2.58. The van der Waals surface area contributed by atoms with E-state index in [1.54, 1.807) is 59.5 Å². The molecule has 0 spiro atoms. The molecule has 0 fully saturated rings. The minimum atomic E-state index is -0.982. The van der Waals surface area contributed by atoms with Gasteiger partial charge < -0.3 is 9.64 Å². The summed E-state index contributed by atoms with van der Waals surface area (Å²) < 4.78 is 5.48. The van der Waals surface area contributed by atoms with Gasteiger partial charge in [0.2, 0.25) is 6.10 Å². The summed E-state index contributed by atoms with van der Waals surface area (Å²) in [5.41, 5.74) is 1.94. The molecule has 1 atom stereocenters. The van der Waals surface area contributed by atoms with Crippen LogP contribution in [0.2, 0.25) is 0 Å². The van der Waals surface area contributed by atoms with Gasteiger partial charge in [-0.3, -0.25) is 4.79 Å². The quantitative estimate of drug-likeness (QED) is 0.556. The largest absolute Gasteiger partial charge is 0.444 e. The summed E-state index contributed by atoms with van der Waals surface area (Å²) in [6, 6.07) is 17.8. The zero-order chi connectivity index (χ0) is 19.6. The molecule has 0 aromatic heterocycles. The highest BCUT2D eigenvalue weighted by Gasteiger charge is 2.27. The average molecular weight is 362 g/mol. The van der Waals surface area contributed by atoms with E-state index in [-0.39, 0.29) is 5.91 Å². The third kappa shape index (κ3) is 5.55. The summed E-state index contributed by atoms with van der Waals surface area (Å²) in [5, 5.41) is 8.81. The molecule has 0 unspecified atom stereocenters. The van der Waals surface area contributed by atoms with Gasteiger partial charge in [-0.05, 0) is 37.6 Å². The smallest absolute Gasteiger partial charge is 0.331 e. The first kappa shape index (κ1) is 19.9. The topological polar surface area (TPSA) is 70.4 Å². The molecular formula is C22H22N2O3. The molecule has 2 aromatic carbocycles. The van der Waals surface area contributed by atoms with Crippen molar-refractivity contribution in [3.63, 3.8) is 0 Å². The Balaban J connectivity index is 2.16. The first-order chi connectivity index (χ1) is 13.1. The van der Waals surface area contributed by atoms with Gasteiger partial charge in [-0.15, -0.1) is 0 Å². The molecule has 0 heterocycles. The molecule has 0 N–H and O–H groups in total. The number of ether oxygens (including phenoxy) is 1. The van der Waals surface area contributed by atoms with Crippen LogP contribution in [0.4, 0.5) is 0 Å². The van der Waals surface area contributed by atoms with Crippen LogP contribution in [-0.2, 0) is 14.3 Å². The van der Waals surface area contributed by atoms with Crippen molar-refractivity contribution in [2.24, 2.45) is 0 Å². The van der Waals surface area contributed by atoms with Crippen LogP contribution in [0.25, 0.3) is 6.08 Å².